The van der Waals surface area contributed by atoms with E-state index in [0.29, 0.717) is 12.5 Å². The van der Waals surface area contributed by atoms with E-state index in [9.17, 15) is 0 Å². The van der Waals surface area contributed by atoms with E-state index < -0.39 is 0 Å². The standard InChI is InChI=1S/C16H18N6/c17-16(19-13-7-2-1-3-8-13)18-11-6-10-15-21-20-14-9-4-5-12-22(14)15/h1-5,7-9,12H,6,10-11H2,(H3,17,18,19). The van der Waals surface area contributed by atoms with Crippen molar-refractivity contribution in [3.8, 4) is 0 Å². The lowest BCUT2D eigenvalue weighted by Crippen LogP contribution is -2.22. The molecule has 0 amide bonds. The number of rotatable bonds is 5. The average Bonchev–Trinajstić information content (AvgIpc) is 2.96. The molecular weight excluding hydrogens is 276 g/mol. The van der Waals surface area contributed by atoms with Crippen LogP contribution >= 0.6 is 0 Å². The van der Waals surface area contributed by atoms with Gasteiger partial charge in [-0.15, -0.1) is 10.2 Å². The van der Waals surface area contributed by atoms with Crippen LogP contribution in [0.5, 0.6) is 0 Å². The van der Waals surface area contributed by atoms with E-state index in [1.54, 1.807) is 0 Å². The third kappa shape index (κ3) is 3.41. The van der Waals surface area contributed by atoms with E-state index in [0.717, 1.165) is 30.0 Å². The maximum absolute atomic E-state index is 5.86. The molecule has 3 N–H and O–H groups in total. The summed E-state index contributed by atoms with van der Waals surface area (Å²) in [6, 6.07) is 15.6. The SMILES string of the molecule is NC(=NCCCc1nnc2ccccn12)Nc1ccccc1. The molecule has 0 atom stereocenters. The molecule has 0 fully saturated rings. The summed E-state index contributed by atoms with van der Waals surface area (Å²) >= 11 is 0. The lowest BCUT2D eigenvalue weighted by Gasteiger charge is -2.04. The molecule has 2 aromatic heterocycles. The van der Waals surface area contributed by atoms with Gasteiger partial charge in [-0.3, -0.25) is 9.39 Å². The van der Waals surface area contributed by atoms with Gasteiger partial charge in [-0.1, -0.05) is 24.3 Å². The molecule has 0 radical (unpaired) electrons. The maximum Gasteiger partial charge on any atom is 0.193 e. The summed E-state index contributed by atoms with van der Waals surface area (Å²) in [5, 5.41) is 11.4. The highest BCUT2D eigenvalue weighted by Gasteiger charge is 2.03. The number of nitrogens with two attached hydrogens (primary N) is 1. The zero-order valence-electron chi connectivity index (χ0n) is 12.2. The molecule has 0 aliphatic heterocycles. The number of pyridine rings is 1. The highest BCUT2D eigenvalue weighted by Crippen LogP contribution is 2.06. The minimum Gasteiger partial charge on any atom is -0.370 e. The summed E-state index contributed by atoms with van der Waals surface area (Å²) in [4.78, 5) is 4.32. The normalized spacial score (nSPS) is 11.7. The molecule has 0 bridgehead atoms. The summed E-state index contributed by atoms with van der Waals surface area (Å²) in [6.07, 6.45) is 3.65. The summed E-state index contributed by atoms with van der Waals surface area (Å²) < 4.78 is 2.00. The molecular formula is C16H18N6. The second kappa shape index (κ2) is 6.71. The van der Waals surface area contributed by atoms with Crippen LogP contribution in [-0.2, 0) is 6.42 Å². The van der Waals surface area contributed by atoms with Gasteiger partial charge in [0.25, 0.3) is 0 Å². The van der Waals surface area contributed by atoms with Crippen molar-refractivity contribution >= 4 is 17.3 Å². The minimum absolute atomic E-state index is 0.428. The van der Waals surface area contributed by atoms with Crippen LogP contribution in [0.25, 0.3) is 5.65 Å². The van der Waals surface area contributed by atoms with Gasteiger partial charge in [-0.05, 0) is 30.7 Å². The van der Waals surface area contributed by atoms with Crippen molar-refractivity contribution in [1.29, 1.82) is 0 Å². The van der Waals surface area contributed by atoms with E-state index >= 15 is 0 Å². The van der Waals surface area contributed by atoms with Gasteiger partial charge in [-0.2, -0.15) is 0 Å². The maximum atomic E-state index is 5.86. The molecule has 0 spiro atoms. The Morgan fingerprint density at radius 2 is 1.91 bits per heavy atom. The Morgan fingerprint density at radius 3 is 2.77 bits per heavy atom. The van der Waals surface area contributed by atoms with Gasteiger partial charge in [-0.25, -0.2) is 0 Å². The fraction of sp³-hybridized carbons (Fsp3) is 0.188. The average molecular weight is 294 g/mol. The van der Waals surface area contributed by atoms with E-state index in [1.807, 2.05) is 59.1 Å². The molecule has 3 rings (SSSR count). The van der Waals surface area contributed by atoms with Crippen LogP contribution in [0, 0.1) is 0 Å². The predicted molar refractivity (Wildman–Crippen MR) is 87.9 cm³/mol. The highest BCUT2D eigenvalue weighted by atomic mass is 15.2. The number of para-hydroxylation sites is 1. The number of aryl methyl sites for hydroxylation is 1. The van der Waals surface area contributed by atoms with Gasteiger partial charge in [0.2, 0.25) is 0 Å². The number of guanidine groups is 1. The van der Waals surface area contributed by atoms with Crippen LogP contribution in [-0.4, -0.2) is 27.1 Å². The van der Waals surface area contributed by atoms with Crippen molar-refractivity contribution in [1.82, 2.24) is 14.6 Å². The molecule has 22 heavy (non-hydrogen) atoms. The molecule has 0 aliphatic carbocycles. The number of anilines is 1. The topological polar surface area (TPSA) is 80.6 Å². The van der Waals surface area contributed by atoms with E-state index in [-0.39, 0.29) is 0 Å². The first-order valence-electron chi connectivity index (χ1n) is 7.23. The van der Waals surface area contributed by atoms with Gasteiger partial charge in [0.05, 0.1) is 0 Å². The fourth-order valence-corrected chi connectivity index (χ4v) is 2.21. The third-order valence-corrected chi connectivity index (χ3v) is 3.27. The Bertz CT molecular complexity index is 762. The zero-order valence-corrected chi connectivity index (χ0v) is 12.2. The summed E-state index contributed by atoms with van der Waals surface area (Å²) in [5.41, 5.74) is 7.67. The van der Waals surface area contributed by atoms with Crippen LogP contribution in [0.4, 0.5) is 5.69 Å². The Balaban J connectivity index is 1.51. The Morgan fingerprint density at radius 1 is 1.09 bits per heavy atom. The largest absolute Gasteiger partial charge is 0.370 e. The van der Waals surface area contributed by atoms with E-state index in [1.165, 1.54) is 0 Å². The molecule has 112 valence electrons. The van der Waals surface area contributed by atoms with Crippen LogP contribution in [0.3, 0.4) is 0 Å². The lowest BCUT2D eigenvalue weighted by molar-refractivity contribution is 0.770. The van der Waals surface area contributed by atoms with Crippen LogP contribution in [0.15, 0.2) is 59.7 Å². The van der Waals surface area contributed by atoms with Crippen molar-refractivity contribution in [2.45, 2.75) is 12.8 Å². The molecule has 6 nitrogen and oxygen atoms in total. The first-order valence-corrected chi connectivity index (χ1v) is 7.23. The number of aromatic nitrogens is 3. The number of hydrogen-bond acceptors (Lipinski definition) is 3. The Kier molecular flexibility index (Phi) is 4.29. The second-order valence-corrected chi connectivity index (χ2v) is 4.91. The Hall–Kier alpha value is -2.89. The Labute approximate surface area is 128 Å². The molecule has 3 aromatic rings. The molecule has 0 aliphatic rings. The number of hydrogen-bond donors (Lipinski definition) is 2. The quantitative estimate of drug-likeness (QED) is 0.429. The highest BCUT2D eigenvalue weighted by molar-refractivity contribution is 5.92. The van der Waals surface area contributed by atoms with Crippen LogP contribution in [0.2, 0.25) is 0 Å². The van der Waals surface area contributed by atoms with Crippen molar-refractivity contribution in [3.05, 3.63) is 60.6 Å². The molecule has 6 heteroatoms. The molecule has 0 saturated carbocycles. The number of aliphatic imine (C=N–C) groups is 1. The van der Waals surface area contributed by atoms with Crippen LogP contribution in [0.1, 0.15) is 12.2 Å². The first-order chi connectivity index (χ1) is 10.8. The second-order valence-electron chi connectivity index (χ2n) is 4.91. The number of benzene rings is 1. The lowest BCUT2D eigenvalue weighted by atomic mass is 10.3. The van der Waals surface area contributed by atoms with Crippen LogP contribution < -0.4 is 11.1 Å². The summed E-state index contributed by atoms with van der Waals surface area (Å²) in [5.74, 6) is 1.37. The van der Waals surface area contributed by atoms with Gasteiger partial charge in [0.15, 0.2) is 11.6 Å². The number of nitrogens with zero attached hydrogens (tertiary/aromatic N) is 4. The molecule has 2 heterocycles. The smallest absolute Gasteiger partial charge is 0.193 e. The molecule has 1 aromatic carbocycles. The predicted octanol–water partition coefficient (Wildman–Crippen LogP) is 2.09. The van der Waals surface area contributed by atoms with Crippen molar-refractivity contribution < 1.29 is 0 Å². The van der Waals surface area contributed by atoms with E-state index in [2.05, 4.69) is 20.5 Å². The number of fused-ring (bicyclic) bond motifs is 1. The zero-order chi connectivity index (χ0) is 15.2. The molecule has 0 saturated heterocycles. The monoisotopic (exact) mass is 294 g/mol. The van der Waals surface area contributed by atoms with Gasteiger partial charge >= 0.3 is 0 Å². The van der Waals surface area contributed by atoms with Gasteiger partial charge in [0.1, 0.15) is 5.82 Å². The summed E-state index contributed by atoms with van der Waals surface area (Å²) in [6.45, 7) is 0.646. The summed E-state index contributed by atoms with van der Waals surface area (Å²) in [7, 11) is 0. The number of nitrogens with one attached hydrogen (secondary N) is 1. The fourth-order valence-electron chi connectivity index (χ4n) is 2.21. The van der Waals surface area contributed by atoms with Gasteiger partial charge < -0.3 is 11.1 Å². The van der Waals surface area contributed by atoms with Gasteiger partial charge in [0, 0.05) is 24.8 Å². The third-order valence-electron chi connectivity index (χ3n) is 3.27. The minimum atomic E-state index is 0.428. The van der Waals surface area contributed by atoms with Crippen molar-refractivity contribution in [3.63, 3.8) is 0 Å². The van der Waals surface area contributed by atoms with Crippen molar-refractivity contribution in [2.24, 2.45) is 10.7 Å². The van der Waals surface area contributed by atoms with E-state index in [4.69, 9.17) is 5.73 Å². The first kappa shape index (κ1) is 14.1. The van der Waals surface area contributed by atoms with Crippen molar-refractivity contribution in [2.75, 3.05) is 11.9 Å². The molecule has 0 unspecified atom stereocenters.